The zero-order valence-electron chi connectivity index (χ0n) is 15.4. The van der Waals surface area contributed by atoms with Crippen LogP contribution in [-0.4, -0.2) is 24.0 Å². The molecule has 2 rings (SSSR count). The molecule has 4 N–H and O–H groups in total. The highest BCUT2D eigenvalue weighted by Gasteiger charge is 2.22. The smallest absolute Gasteiger partial charge is 0.312 e. The summed E-state index contributed by atoms with van der Waals surface area (Å²) in [5.74, 6) is -1.06. The van der Waals surface area contributed by atoms with Gasteiger partial charge in [0.1, 0.15) is 0 Å². The Morgan fingerprint density at radius 2 is 1.71 bits per heavy atom. The maximum Gasteiger partial charge on any atom is 0.312 e. The van der Waals surface area contributed by atoms with Gasteiger partial charge in [-0.25, -0.2) is 4.79 Å². The molecule has 0 aliphatic rings. The fraction of sp³-hybridized carbons (Fsp3) is 0.250. The number of hydrogen-bond donors (Lipinski definition) is 3. The largest absolute Gasteiger partial charge is 0.452 e. The topological polar surface area (TPSA) is 111 Å². The summed E-state index contributed by atoms with van der Waals surface area (Å²) < 4.78 is 5.19. The van der Waals surface area contributed by atoms with Crippen molar-refractivity contribution in [2.75, 3.05) is 0 Å². The van der Waals surface area contributed by atoms with Gasteiger partial charge < -0.3 is 21.1 Å². The van der Waals surface area contributed by atoms with Gasteiger partial charge in [-0.15, -0.1) is 0 Å². The monoisotopic (exact) mass is 403 g/mol. The molecule has 0 aromatic heterocycles. The van der Waals surface area contributed by atoms with Gasteiger partial charge in [0, 0.05) is 11.6 Å². The third-order valence-electron chi connectivity index (χ3n) is 3.95. The Balaban J connectivity index is 1.90. The van der Waals surface area contributed by atoms with Crippen molar-refractivity contribution >= 4 is 29.5 Å². The van der Waals surface area contributed by atoms with Crippen LogP contribution < -0.4 is 16.4 Å². The lowest BCUT2D eigenvalue weighted by Gasteiger charge is -2.19. The van der Waals surface area contributed by atoms with E-state index in [4.69, 9.17) is 22.1 Å². The SMILES string of the molecule is C[C@@H](OC(=O)C[C@@H](NC(N)=O)c1ccc(Cl)cc1)C(=O)NCc1ccccc1. The molecule has 7 nitrogen and oxygen atoms in total. The van der Waals surface area contributed by atoms with Crippen LogP contribution in [0.25, 0.3) is 0 Å². The van der Waals surface area contributed by atoms with E-state index in [1.165, 1.54) is 6.92 Å². The molecule has 0 heterocycles. The van der Waals surface area contributed by atoms with Crippen LogP contribution in [0.4, 0.5) is 4.79 Å². The highest BCUT2D eigenvalue weighted by atomic mass is 35.5. The number of rotatable bonds is 8. The number of urea groups is 1. The first-order valence-electron chi connectivity index (χ1n) is 8.67. The number of nitrogens with two attached hydrogens (primary N) is 1. The third-order valence-corrected chi connectivity index (χ3v) is 4.20. The Morgan fingerprint density at radius 1 is 1.07 bits per heavy atom. The average Bonchev–Trinajstić information content (AvgIpc) is 2.66. The van der Waals surface area contributed by atoms with E-state index >= 15 is 0 Å². The normalized spacial score (nSPS) is 12.5. The Bertz CT molecular complexity index is 812. The predicted molar refractivity (Wildman–Crippen MR) is 105 cm³/mol. The maximum atomic E-state index is 12.2. The molecule has 0 unspecified atom stereocenters. The van der Waals surface area contributed by atoms with E-state index in [-0.39, 0.29) is 6.42 Å². The van der Waals surface area contributed by atoms with E-state index in [9.17, 15) is 14.4 Å². The van der Waals surface area contributed by atoms with Crippen molar-refractivity contribution in [1.29, 1.82) is 0 Å². The molecule has 148 valence electrons. The zero-order valence-corrected chi connectivity index (χ0v) is 16.1. The quantitative estimate of drug-likeness (QED) is 0.588. The minimum absolute atomic E-state index is 0.180. The molecule has 0 bridgehead atoms. The lowest BCUT2D eigenvalue weighted by molar-refractivity contribution is -0.155. The lowest BCUT2D eigenvalue weighted by Crippen LogP contribution is -2.37. The summed E-state index contributed by atoms with van der Waals surface area (Å²) in [5.41, 5.74) is 6.76. The molecule has 28 heavy (non-hydrogen) atoms. The highest BCUT2D eigenvalue weighted by Crippen LogP contribution is 2.20. The molecule has 0 aliphatic carbocycles. The zero-order chi connectivity index (χ0) is 20.5. The van der Waals surface area contributed by atoms with E-state index in [2.05, 4.69) is 10.6 Å². The van der Waals surface area contributed by atoms with Gasteiger partial charge in [0.15, 0.2) is 6.10 Å². The standard InChI is InChI=1S/C20H22ClN3O4/c1-13(19(26)23-12-14-5-3-2-4-6-14)28-18(25)11-17(24-20(22)27)15-7-9-16(21)10-8-15/h2-10,13,17H,11-12H2,1H3,(H,23,26)(H3,22,24,27)/t13-,17-/m1/s1. The van der Waals surface area contributed by atoms with Gasteiger partial charge >= 0.3 is 12.0 Å². The van der Waals surface area contributed by atoms with Crippen LogP contribution in [0.3, 0.4) is 0 Å². The van der Waals surface area contributed by atoms with Crippen molar-refractivity contribution in [3.63, 3.8) is 0 Å². The number of hydrogen-bond acceptors (Lipinski definition) is 4. The molecular weight excluding hydrogens is 382 g/mol. The van der Waals surface area contributed by atoms with Gasteiger partial charge in [-0.2, -0.15) is 0 Å². The molecule has 8 heteroatoms. The number of halogens is 1. The Hall–Kier alpha value is -3.06. The van der Waals surface area contributed by atoms with Crippen molar-refractivity contribution in [3.05, 3.63) is 70.7 Å². The Kier molecular flexibility index (Phi) is 7.83. The summed E-state index contributed by atoms with van der Waals surface area (Å²) in [6, 6.07) is 14.5. The number of carbonyl (C=O) groups is 3. The van der Waals surface area contributed by atoms with Gasteiger partial charge in [-0.05, 0) is 30.2 Å². The van der Waals surface area contributed by atoms with Gasteiger partial charge in [0.2, 0.25) is 0 Å². The molecule has 2 aromatic carbocycles. The molecule has 0 fully saturated rings. The predicted octanol–water partition coefficient (Wildman–Crippen LogP) is 2.69. The van der Waals surface area contributed by atoms with Crippen molar-refractivity contribution < 1.29 is 19.1 Å². The van der Waals surface area contributed by atoms with Gasteiger partial charge in [-0.3, -0.25) is 9.59 Å². The van der Waals surface area contributed by atoms with Gasteiger partial charge in [0.25, 0.3) is 5.91 Å². The molecule has 2 atom stereocenters. The number of nitrogens with one attached hydrogen (secondary N) is 2. The number of primary amides is 1. The fourth-order valence-corrected chi connectivity index (χ4v) is 2.64. The third kappa shape index (κ3) is 6.92. The minimum Gasteiger partial charge on any atom is -0.452 e. The molecule has 0 saturated carbocycles. The van der Waals surface area contributed by atoms with E-state index in [0.29, 0.717) is 17.1 Å². The average molecular weight is 404 g/mol. The molecule has 0 saturated heterocycles. The number of esters is 1. The van der Waals surface area contributed by atoms with E-state index in [1.807, 2.05) is 30.3 Å². The molecule has 0 aliphatic heterocycles. The van der Waals surface area contributed by atoms with Crippen molar-refractivity contribution in [3.8, 4) is 0 Å². The van der Waals surface area contributed by atoms with Crippen molar-refractivity contribution in [1.82, 2.24) is 10.6 Å². The van der Waals surface area contributed by atoms with Crippen LogP contribution in [-0.2, 0) is 20.9 Å². The van der Waals surface area contributed by atoms with E-state index < -0.39 is 30.1 Å². The summed E-state index contributed by atoms with van der Waals surface area (Å²) in [6.45, 7) is 1.81. The number of benzene rings is 2. The van der Waals surface area contributed by atoms with Crippen LogP contribution in [0.15, 0.2) is 54.6 Å². The molecular formula is C20H22ClN3O4. The lowest BCUT2D eigenvalue weighted by atomic mass is 10.0. The van der Waals surface area contributed by atoms with Gasteiger partial charge in [-0.1, -0.05) is 54.1 Å². The van der Waals surface area contributed by atoms with Crippen LogP contribution in [0.5, 0.6) is 0 Å². The summed E-state index contributed by atoms with van der Waals surface area (Å²) in [5, 5.41) is 5.72. The second-order valence-corrected chi connectivity index (χ2v) is 6.59. The molecule has 0 radical (unpaired) electrons. The maximum absolute atomic E-state index is 12.2. The van der Waals surface area contributed by atoms with Crippen LogP contribution >= 0.6 is 11.6 Å². The molecule has 0 spiro atoms. The Morgan fingerprint density at radius 3 is 2.32 bits per heavy atom. The summed E-state index contributed by atoms with van der Waals surface area (Å²) >= 11 is 5.86. The van der Waals surface area contributed by atoms with Crippen LogP contribution in [0, 0.1) is 0 Å². The molecule has 2 aromatic rings. The summed E-state index contributed by atoms with van der Waals surface area (Å²) in [4.78, 5) is 35.6. The number of amides is 3. The second kappa shape index (κ2) is 10.3. The van der Waals surface area contributed by atoms with Crippen LogP contribution in [0.2, 0.25) is 5.02 Å². The second-order valence-electron chi connectivity index (χ2n) is 6.15. The van der Waals surface area contributed by atoms with E-state index in [1.54, 1.807) is 24.3 Å². The summed E-state index contributed by atoms with van der Waals surface area (Å²) in [6.07, 6.45) is -1.16. The van der Waals surface area contributed by atoms with E-state index in [0.717, 1.165) is 5.56 Å². The highest BCUT2D eigenvalue weighted by molar-refractivity contribution is 6.30. The summed E-state index contributed by atoms with van der Waals surface area (Å²) in [7, 11) is 0. The first-order chi connectivity index (χ1) is 13.3. The first kappa shape index (κ1) is 21.2. The van der Waals surface area contributed by atoms with Crippen LogP contribution in [0.1, 0.15) is 30.5 Å². The van der Waals surface area contributed by atoms with Crippen molar-refractivity contribution in [2.45, 2.75) is 32.0 Å². The number of ether oxygens (including phenoxy) is 1. The van der Waals surface area contributed by atoms with Gasteiger partial charge in [0.05, 0.1) is 12.5 Å². The minimum atomic E-state index is -0.976. The fourth-order valence-electron chi connectivity index (χ4n) is 2.51. The van der Waals surface area contributed by atoms with Crippen molar-refractivity contribution in [2.24, 2.45) is 5.73 Å². The first-order valence-corrected chi connectivity index (χ1v) is 9.05. The Labute approximate surface area is 168 Å². The molecule has 3 amide bonds. The number of carbonyl (C=O) groups excluding carboxylic acids is 3.